The zero-order valence-corrected chi connectivity index (χ0v) is 15.7. The van der Waals surface area contributed by atoms with E-state index in [4.69, 9.17) is 0 Å². The van der Waals surface area contributed by atoms with Gasteiger partial charge in [0.2, 0.25) is 0 Å². The zero-order valence-electron chi connectivity index (χ0n) is 14.9. The number of rotatable bonds is 6. The van der Waals surface area contributed by atoms with Crippen LogP contribution in [-0.2, 0) is 9.84 Å². The number of hydrogen-bond donors (Lipinski definition) is 0. The second-order valence-corrected chi connectivity index (χ2v) is 8.75. The molecule has 1 aliphatic rings. The highest BCUT2D eigenvalue weighted by Crippen LogP contribution is 2.22. The van der Waals surface area contributed by atoms with Crippen LogP contribution in [0.25, 0.3) is 0 Å². The maximum atomic E-state index is 12.9. The molecule has 1 saturated heterocycles. The number of carbonyl (C=O) groups excluding carboxylic acids is 1. The van der Waals surface area contributed by atoms with Crippen molar-refractivity contribution in [2.45, 2.75) is 25.8 Å². The monoisotopic (exact) mass is 353 g/mol. The topological polar surface area (TPSA) is 60.9 Å². The highest BCUT2D eigenvalue weighted by molar-refractivity contribution is 7.91. The lowest BCUT2D eigenvalue weighted by molar-refractivity contribution is 0.00101. The highest BCUT2D eigenvalue weighted by Gasteiger charge is 2.36. The molecule has 24 heavy (non-hydrogen) atoms. The molecule has 0 bridgehead atoms. The lowest BCUT2D eigenvalue weighted by Gasteiger charge is -2.33. The third kappa shape index (κ3) is 4.27. The van der Waals surface area contributed by atoms with Gasteiger partial charge in [-0.1, -0.05) is 6.92 Å². The number of hydrogen-bond acceptors (Lipinski definition) is 5. The number of hydrazine groups is 1. The van der Waals surface area contributed by atoms with Crippen LogP contribution in [0.15, 0.2) is 24.3 Å². The van der Waals surface area contributed by atoms with Gasteiger partial charge in [-0.15, -0.1) is 0 Å². The van der Waals surface area contributed by atoms with Gasteiger partial charge in [0.25, 0.3) is 5.91 Å². The third-order valence-corrected chi connectivity index (χ3v) is 6.06. The Morgan fingerprint density at radius 1 is 1.17 bits per heavy atom. The largest absolute Gasteiger partial charge is 0.375 e. The summed E-state index contributed by atoms with van der Waals surface area (Å²) in [6.07, 6.45) is 1.55. The summed E-state index contributed by atoms with van der Waals surface area (Å²) in [5.74, 6) is 0.0244. The fourth-order valence-electron chi connectivity index (χ4n) is 3.10. The number of carbonyl (C=O) groups is 1. The van der Waals surface area contributed by atoms with Crippen LogP contribution in [-0.4, -0.2) is 69.6 Å². The molecule has 2 rings (SSSR count). The summed E-state index contributed by atoms with van der Waals surface area (Å²) in [5, 5.41) is 3.25. The Bertz CT molecular complexity index is 671. The molecule has 0 N–H and O–H groups in total. The van der Waals surface area contributed by atoms with Gasteiger partial charge in [0.1, 0.15) is 0 Å². The first kappa shape index (κ1) is 18.7. The van der Waals surface area contributed by atoms with E-state index in [-0.39, 0.29) is 23.5 Å². The fourth-order valence-corrected chi connectivity index (χ4v) is 4.79. The molecular weight excluding hydrogens is 326 g/mol. The van der Waals surface area contributed by atoms with Crippen LogP contribution >= 0.6 is 0 Å². The number of amides is 1. The minimum Gasteiger partial charge on any atom is -0.375 e. The maximum absolute atomic E-state index is 12.9. The van der Waals surface area contributed by atoms with Gasteiger partial charge in [0, 0.05) is 38.9 Å². The second-order valence-electron chi connectivity index (χ2n) is 6.52. The number of benzene rings is 1. The predicted octanol–water partition coefficient (Wildman–Crippen LogP) is 1.64. The van der Waals surface area contributed by atoms with Gasteiger partial charge in [0.05, 0.1) is 17.5 Å². The minimum atomic E-state index is -3.04. The Kier molecular flexibility index (Phi) is 5.87. The van der Waals surface area contributed by atoms with Gasteiger partial charge >= 0.3 is 0 Å². The predicted molar refractivity (Wildman–Crippen MR) is 96.9 cm³/mol. The van der Waals surface area contributed by atoms with Gasteiger partial charge in [-0.3, -0.25) is 9.80 Å². The SMILES string of the molecule is CCCN(C)c1ccc(C(=O)N(C2CCS(=O)(=O)C2)N(C)C)cc1. The molecule has 0 saturated carbocycles. The van der Waals surface area contributed by atoms with Crippen molar-refractivity contribution in [3.8, 4) is 0 Å². The minimum absolute atomic E-state index is 0.0360. The van der Waals surface area contributed by atoms with Crippen molar-refractivity contribution in [2.75, 3.05) is 44.1 Å². The first-order valence-corrected chi connectivity index (χ1v) is 10.1. The number of nitrogens with zero attached hydrogens (tertiary/aromatic N) is 3. The normalized spacial score (nSPS) is 19.5. The first-order chi connectivity index (χ1) is 11.2. The van der Waals surface area contributed by atoms with Crippen LogP contribution < -0.4 is 4.90 Å². The van der Waals surface area contributed by atoms with Gasteiger partial charge in [0.15, 0.2) is 9.84 Å². The van der Waals surface area contributed by atoms with Crippen LogP contribution in [0, 0.1) is 0 Å². The summed E-state index contributed by atoms with van der Waals surface area (Å²) in [4.78, 5) is 15.0. The quantitative estimate of drug-likeness (QED) is 0.728. The van der Waals surface area contributed by atoms with Crippen LogP contribution in [0.4, 0.5) is 5.69 Å². The molecule has 0 spiro atoms. The average molecular weight is 353 g/mol. The van der Waals surface area contributed by atoms with Crippen LogP contribution in [0.5, 0.6) is 0 Å². The average Bonchev–Trinajstić information content (AvgIpc) is 2.87. The fraction of sp³-hybridized carbons (Fsp3) is 0.588. The Labute approximate surface area is 144 Å². The van der Waals surface area contributed by atoms with Crippen molar-refractivity contribution in [3.05, 3.63) is 29.8 Å². The van der Waals surface area contributed by atoms with Crippen LogP contribution in [0.3, 0.4) is 0 Å². The van der Waals surface area contributed by atoms with Crippen LogP contribution in [0.1, 0.15) is 30.1 Å². The Morgan fingerprint density at radius 2 is 1.79 bits per heavy atom. The molecule has 0 radical (unpaired) electrons. The van der Waals surface area contributed by atoms with E-state index in [1.807, 2.05) is 31.3 Å². The van der Waals surface area contributed by atoms with Crippen molar-refractivity contribution in [1.82, 2.24) is 10.0 Å². The molecule has 1 aliphatic heterocycles. The van der Waals surface area contributed by atoms with E-state index < -0.39 is 9.84 Å². The smallest absolute Gasteiger partial charge is 0.268 e. The molecular formula is C17H27N3O3S. The second kappa shape index (κ2) is 7.53. The molecule has 0 aromatic heterocycles. The molecule has 1 fully saturated rings. The van der Waals surface area contributed by atoms with Crippen molar-refractivity contribution in [2.24, 2.45) is 0 Å². The number of anilines is 1. The lowest BCUT2D eigenvalue weighted by Crippen LogP contribution is -2.49. The molecule has 1 unspecified atom stereocenters. The third-order valence-electron chi connectivity index (χ3n) is 4.31. The van der Waals surface area contributed by atoms with E-state index in [1.54, 1.807) is 24.1 Å². The maximum Gasteiger partial charge on any atom is 0.268 e. The molecule has 1 aromatic carbocycles. The molecule has 1 amide bonds. The molecule has 0 aliphatic carbocycles. The summed E-state index contributed by atoms with van der Waals surface area (Å²) in [7, 11) is 2.52. The molecule has 6 nitrogen and oxygen atoms in total. The summed E-state index contributed by atoms with van der Waals surface area (Å²) in [5.41, 5.74) is 1.63. The van der Waals surface area contributed by atoms with E-state index in [2.05, 4.69) is 11.8 Å². The standard InChI is InChI=1S/C17H27N3O3S/c1-5-11-19(4)15-8-6-14(7-9-15)17(21)20(18(2)3)16-10-12-24(22,23)13-16/h6-9,16H,5,10-13H2,1-4H3. The Balaban J connectivity index is 2.18. The summed E-state index contributed by atoms with van der Waals surface area (Å²) < 4.78 is 23.5. The molecule has 134 valence electrons. The van der Waals surface area contributed by atoms with Gasteiger partial charge in [-0.2, -0.15) is 0 Å². The van der Waals surface area contributed by atoms with E-state index in [9.17, 15) is 13.2 Å². The van der Waals surface area contributed by atoms with Crippen molar-refractivity contribution < 1.29 is 13.2 Å². The van der Waals surface area contributed by atoms with E-state index in [1.165, 1.54) is 0 Å². The van der Waals surface area contributed by atoms with E-state index >= 15 is 0 Å². The zero-order chi connectivity index (χ0) is 17.9. The summed E-state index contributed by atoms with van der Waals surface area (Å²) >= 11 is 0. The summed E-state index contributed by atoms with van der Waals surface area (Å²) in [6.45, 7) is 3.08. The van der Waals surface area contributed by atoms with E-state index in [0.717, 1.165) is 18.7 Å². The Morgan fingerprint density at radius 3 is 2.25 bits per heavy atom. The van der Waals surface area contributed by atoms with Gasteiger partial charge < -0.3 is 4.90 Å². The molecule has 1 heterocycles. The van der Waals surface area contributed by atoms with Gasteiger partial charge in [-0.25, -0.2) is 13.4 Å². The molecule has 1 atom stereocenters. The van der Waals surface area contributed by atoms with Crippen molar-refractivity contribution in [1.29, 1.82) is 0 Å². The lowest BCUT2D eigenvalue weighted by atomic mass is 10.1. The van der Waals surface area contributed by atoms with Crippen molar-refractivity contribution >= 4 is 21.4 Å². The van der Waals surface area contributed by atoms with Crippen molar-refractivity contribution in [3.63, 3.8) is 0 Å². The molecule has 1 aromatic rings. The molecule has 7 heteroatoms. The summed E-state index contributed by atoms with van der Waals surface area (Å²) in [6, 6.07) is 7.19. The van der Waals surface area contributed by atoms with Crippen LogP contribution in [0.2, 0.25) is 0 Å². The Hall–Kier alpha value is -1.60. The van der Waals surface area contributed by atoms with Gasteiger partial charge in [-0.05, 0) is 37.1 Å². The highest BCUT2D eigenvalue weighted by atomic mass is 32.2. The first-order valence-electron chi connectivity index (χ1n) is 8.27. The van der Waals surface area contributed by atoms with E-state index in [0.29, 0.717) is 12.0 Å². The number of sulfone groups is 1.